The minimum absolute atomic E-state index is 0.0136. The van der Waals surface area contributed by atoms with Crippen LogP contribution in [0, 0.1) is 50.5 Å². The number of carbonyl (C=O) groups is 3. The third-order valence-corrected chi connectivity index (χ3v) is 10.3. The van der Waals surface area contributed by atoms with Crippen LogP contribution in [0.4, 0.5) is 0 Å². The standard InChI is InChI=1S/C37H54N2O7/c1-23(29(7)39(45)46)16-12-10-13-17-24(2)34(43)36(8,9)35(44)38-19-15-11-14-18-30(40)25(3)20-26(4)33-28(6)31(41)22-37(33)27(5)21-32(37)42/h10-18,25-28,30,33-34,40,43H,19-22H2,1-9H3,(H,38,44)/b13-10-,15-11+,16-12+,18-14+,24-17-,29-23+. The minimum atomic E-state index is -1.10. The number of nitrogens with zero attached hydrogens (tertiary/aromatic N) is 1. The number of ketones is 2. The first-order chi connectivity index (χ1) is 21.4. The summed E-state index contributed by atoms with van der Waals surface area (Å²) < 4.78 is 0. The van der Waals surface area contributed by atoms with Gasteiger partial charge in [0.2, 0.25) is 11.6 Å². The van der Waals surface area contributed by atoms with Crippen LogP contribution in [0.2, 0.25) is 0 Å². The molecule has 46 heavy (non-hydrogen) atoms. The Morgan fingerprint density at radius 2 is 1.74 bits per heavy atom. The Kier molecular flexibility index (Phi) is 13.8. The van der Waals surface area contributed by atoms with Crippen molar-refractivity contribution in [1.82, 2.24) is 5.32 Å². The Bertz CT molecular complexity index is 1330. The van der Waals surface area contributed by atoms with Gasteiger partial charge in [-0.25, -0.2) is 0 Å². The third-order valence-electron chi connectivity index (χ3n) is 10.3. The highest BCUT2D eigenvalue weighted by atomic mass is 16.6. The molecule has 254 valence electrons. The van der Waals surface area contributed by atoms with Gasteiger partial charge >= 0.3 is 0 Å². The van der Waals surface area contributed by atoms with E-state index in [1.165, 1.54) is 6.92 Å². The molecule has 0 saturated heterocycles. The summed E-state index contributed by atoms with van der Waals surface area (Å²) >= 11 is 0. The zero-order chi connectivity index (χ0) is 35.0. The maximum atomic E-state index is 12.9. The van der Waals surface area contributed by atoms with Gasteiger partial charge in [-0.1, -0.05) is 82.4 Å². The summed E-state index contributed by atoms with van der Waals surface area (Å²) in [5.41, 5.74) is -0.410. The number of hydrogen-bond acceptors (Lipinski definition) is 7. The van der Waals surface area contributed by atoms with Gasteiger partial charge in [-0.05, 0) is 63.4 Å². The molecule has 1 spiro atoms. The Morgan fingerprint density at radius 1 is 1.09 bits per heavy atom. The zero-order valence-electron chi connectivity index (χ0n) is 28.9. The van der Waals surface area contributed by atoms with Crippen LogP contribution in [0.15, 0.2) is 71.5 Å². The monoisotopic (exact) mass is 638 g/mol. The molecule has 0 aliphatic heterocycles. The number of amides is 1. The van der Waals surface area contributed by atoms with Gasteiger partial charge in [0, 0.05) is 43.2 Å². The number of aliphatic hydroxyl groups excluding tert-OH is 2. The number of allylic oxidation sites excluding steroid dienone is 9. The molecule has 0 radical (unpaired) electrons. The Hall–Kier alpha value is -3.43. The molecule has 0 heterocycles. The average molecular weight is 639 g/mol. The minimum Gasteiger partial charge on any atom is -0.389 e. The largest absolute Gasteiger partial charge is 0.389 e. The molecule has 0 aromatic rings. The number of rotatable bonds is 15. The predicted octanol–water partition coefficient (Wildman–Crippen LogP) is 6.08. The van der Waals surface area contributed by atoms with Crippen molar-refractivity contribution in [3.63, 3.8) is 0 Å². The summed E-state index contributed by atoms with van der Waals surface area (Å²) in [4.78, 5) is 48.6. The maximum absolute atomic E-state index is 12.9. The van der Waals surface area contributed by atoms with Crippen LogP contribution in [-0.4, -0.2) is 51.4 Å². The van der Waals surface area contributed by atoms with Crippen molar-refractivity contribution in [3.8, 4) is 0 Å². The van der Waals surface area contributed by atoms with Gasteiger partial charge in [-0.15, -0.1) is 0 Å². The average Bonchev–Trinajstić information content (AvgIpc) is 3.29. The first-order valence-corrected chi connectivity index (χ1v) is 16.3. The van der Waals surface area contributed by atoms with E-state index in [1.54, 1.807) is 82.4 Å². The van der Waals surface area contributed by atoms with Crippen molar-refractivity contribution in [1.29, 1.82) is 0 Å². The van der Waals surface area contributed by atoms with Crippen molar-refractivity contribution in [3.05, 3.63) is 81.6 Å². The first-order valence-electron chi connectivity index (χ1n) is 16.3. The molecule has 8 atom stereocenters. The topological polar surface area (TPSA) is 147 Å². The summed E-state index contributed by atoms with van der Waals surface area (Å²) in [5.74, 6) is 0.241. The van der Waals surface area contributed by atoms with E-state index in [4.69, 9.17) is 0 Å². The lowest BCUT2D eigenvalue weighted by Gasteiger charge is -2.50. The molecule has 2 fully saturated rings. The fraction of sp³-hybridized carbons (Fsp3) is 0.595. The molecular formula is C37H54N2O7. The molecule has 3 N–H and O–H groups in total. The SMILES string of the molecule is C/C(=C/C=C\C=C\C(C)=C(/C)[N+](=O)[O-])C(O)C(C)(C)C(=O)NC/C=C/C=C/C(O)C(C)CC(C)C1C(C)C(=O)CC12C(=O)CC2C. The second-order valence-electron chi connectivity index (χ2n) is 14.0. The van der Waals surface area contributed by atoms with Crippen LogP contribution >= 0.6 is 0 Å². The molecule has 0 bridgehead atoms. The Balaban J connectivity index is 1.85. The Labute approximate surface area is 274 Å². The number of nitrogens with one attached hydrogen (secondary N) is 1. The molecule has 8 unspecified atom stereocenters. The summed E-state index contributed by atoms with van der Waals surface area (Å²) in [6.45, 7) is 16.5. The van der Waals surface area contributed by atoms with Crippen molar-refractivity contribution in [2.75, 3.05) is 6.54 Å². The summed E-state index contributed by atoms with van der Waals surface area (Å²) in [6, 6.07) is 0. The number of hydrogen-bond donors (Lipinski definition) is 3. The number of aliphatic hydroxyl groups is 2. The lowest BCUT2D eigenvalue weighted by Crippen LogP contribution is -2.53. The van der Waals surface area contributed by atoms with Gasteiger partial charge in [0.15, 0.2) is 0 Å². The van der Waals surface area contributed by atoms with Gasteiger partial charge < -0.3 is 15.5 Å². The van der Waals surface area contributed by atoms with E-state index in [-0.39, 0.29) is 59.3 Å². The lowest BCUT2D eigenvalue weighted by molar-refractivity contribution is -0.425. The van der Waals surface area contributed by atoms with E-state index in [1.807, 2.05) is 13.8 Å². The second kappa shape index (κ2) is 16.4. The van der Waals surface area contributed by atoms with E-state index in [0.717, 1.165) is 0 Å². The van der Waals surface area contributed by atoms with Crippen LogP contribution in [0.3, 0.4) is 0 Å². The molecule has 1 amide bonds. The maximum Gasteiger partial charge on any atom is 0.246 e. The first kappa shape index (κ1) is 38.8. The molecule has 2 aliphatic carbocycles. The summed E-state index contributed by atoms with van der Waals surface area (Å²) in [7, 11) is 0. The fourth-order valence-electron chi connectivity index (χ4n) is 7.08. The van der Waals surface area contributed by atoms with Crippen molar-refractivity contribution >= 4 is 17.5 Å². The van der Waals surface area contributed by atoms with E-state index in [2.05, 4.69) is 19.2 Å². The molecule has 2 rings (SSSR count). The zero-order valence-corrected chi connectivity index (χ0v) is 28.9. The van der Waals surface area contributed by atoms with Crippen molar-refractivity contribution in [2.45, 2.75) is 93.8 Å². The Morgan fingerprint density at radius 3 is 2.33 bits per heavy atom. The second-order valence-corrected chi connectivity index (χ2v) is 14.0. The van der Waals surface area contributed by atoms with Crippen LogP contribution in [-0.2, 0) is 14.4 Å². The highest BCUT2D eigenvalue weighted by Crippen LogP contribution is 2.61. The van der Waals surface area contributed by atoms with Crippen molar-refractivity contribution in [2.24, 2.45) is 40.4 Å². The fourth-order valence-corrected chi connectivity index (χ4v) is 7.08. The summed E-state index contributed by atoms with van der Waals surface area (Å²) in [5, 5.41) is 35.2. The van der Waals surface area contributed by atoms with E-state index in [0.29, 0.717) is 30.4 Å². The van der Waals surface area contributed by atoms with E-state index < -0.39 is 28.0 Å². The van der Waals surface area contributed by atoms with Gasteiger partial charge in [0.05, 0.1) is 22.5 Å². The molecule has 0 aromatic carbocycles. The lowest BCUT2D eigenvalue weighted by atomic mass is 9.51. The quantitative estimate of drug-likeness (QED) is 0.112. The van der Waals surface area contributed by atoms with E-state index >= 15 is 0 Å². The summed E-state index contributed by atoms with van der Waals surface area (Å²) in [6.07, 6.45) is 15.2. The van der Waals surface area contributed by atoms with Crippen LogP contribution < -0.4 is 5.32 Å². The molecule has 9 heteroatoms. The van der Waals surface area contributed by atoms with Crippen LogP contribution in [0.1, 0.15) is 81.6 Å². The molecule has 2 saturated carbocycles. The molecular weight excluding hydrogens is 584 g/mol. The number of carbonyl (C=O) groups excluding carboxylic acids is 3. The third kappa shape index (κ3) is 8.88. The molecule has 2 aliphatic rings. The molecule has 9 nitrogen and oxygen atoms in total. The van der Waals surface area contributed by atoms with Crippen LogP contribution in [0.25, 0.3) is 0 Å². The number of Topliss-reactive ketones (excluding diaryl/α,β-unsaturated/α-hetero) is 2. The van der Waals surface area contributed by atoms with Gasteiger partial charge in [0.1, 0.15) is 11.6 Å². The van der Waals surface area contributed by atoms with Crippen LogP contribution in [0.5, 0.6) is 0 Å². The van der Waals surface area contributed by atoms with Crippen molar-refractivity contribution < 1.29 is 29.5 Å². The smallest absolute Gasteiger partial charge is 0.246 e. The van der Waals surface area contributed by atoms with E-state index in [9.17, 15) is 34.7 Å². The van der Waals surface area contributed by atoms with Gasteiger partial charge in [0.25, 0.3) is 0 Å². The van der Waals surface area contributed by atoms with Gasteiger partial charge in [-0.2, -0.15) is 0 Å². The normalized spacial score (nSPS) is 27.5. The highest BCUT2D eigenvalue weighted by Gasteiger charge is 2.64. The highest BCUT2D eigenvalue weighted by molar-refractivity contribution is 6.00. The number of nitro groups is 1. The van der Waals surface area contributed by atoms with Gasteiger partial charge in [-0.3, -0.25) is 24.5 Å². The molecule has 0 aromatic heterocycles. The predicted molar refractivity (Wildman–Crippen MR) is 181 cm³/mol.